The molecule has 2 rings (SSSR count). The van der Waals surface area contributed by atoms with Gasteiger partial charge in [-0.1, -0.05) is 19.9 Å². The van der Waals surface area contributed by atoms with Crippen molar-refractivity contribution in [3.8, 4) is 0 Å². The van der Waals surface area contributed by atoms with Crippen molar-refractivity contribution in [2.24, 2.45) is 11.8 Å². The third kappa shape index (κ3) is 4.41. The zero-order valence-corrected chi connectivity index (χ0v) is 13.2. The van der Waals surface area contributed by atoms with Crippen molar-refractivity contribution < 1.29 is 4.79 Å². The van der Waals surface area contributed by atoms with Crippen LogP contribution in [0.3, 0.4) is 0 Å². The van der Waals surface area contributed by atoms with E-state index < -0.39 is 0 Å². The van der Waals surface area contributed by atoms with Crippen LogP contribution in [0.4, 0.5) is 5.69 Å². The number of benzene rings is 1. The van der Waals surface area contributed by atoms with Crippen molar-refractivity contribution in [1.82, 2.24) is 4.90 Å². The number of hydrogen-bond acceptors (Lipinski definition) is 2. The van der Waals surface area contributed by atoms with E-state index in [0.29, 0.717) is 23.1 Å². The maximum absolute atomic E-state index is 12.5. The summed E-state index contributed by atoms with van der Waals surface area (Å²) in [6.45, 7) is 6.27. The quantitative estimate of drug-likeness (QED) is 0.867. The molecule has 1 unspecified atom stereocenters. The molecule has 3 nitrogen and oxygen atoms in total. The van der Waals surface area contributed by atoms with Gasteiger partial charge in [-0.3, -0.25) is 4.79 Å². The number of nitrogen functional groups attached to an aromatic ring is 1. The van der Waals surface area contributed by atoms with E-state index in [1.54, 1.807) is 6.07 Å². The molecule has 1 saturated heterocycles. The van der Waals surface area contributed by atoms with E-state index in [0.717, 1.165) is 19.5 Å². The van der Waals surface area contributed by atoms with Crippen LogP contribution in [-0.4, -0.2) is 23.9 Å². The van der Waals surface area contributed by atoms with E-state index in [1.807, 2.05) is 23.1 Å². The first-order chi connectivity index (χ1) is 9.06. The number of nitrogens with zero attached hydrogens (tertiary/aromatic N) is 1. The second-order valence-corrected chi connectivity index (χ2v) is 6.01. The number of halogens is 1. The molecule has 20 heavy (non-hydrogen) atoms. The van der Waals surface area contributed by atoms with Crippen LogP contribution < -0.4 is 5.73 Å². The first kappa shape index (κ1) is 16.8. The minimum Gasteiger partial charge on any atom is -0.399 e. The van der Waals surface area contributed by atoms with Crippen LogP contribution in [-0.2, 0) is 0 Å². The van der Waals surface area contributed by atoms with Crippen LogP contribution in [0.25, 0.3) is 0 Å². The first-order valence-corrected chi connectivity index (χ1v) is 7.21. The number of amides is 1. The highest BCUT2D eigenvalue weighted by molar-refractivity contribution is 5.95. The fourth-order valence-electron chi connectivity index (χ4n) is 2.96. The molecule has 0 aromatic heterocycles. The summed E-state index contributed by atoms with van der Waals surface area (Å²) >= 11 is 0. The maximum atomic E-state index is 12.5. The van der Waals surface area contributed by atoms with Crippen LogP contribution >= 0.6 is 12.4 Å². The largest absolute Gasteiger partial charge is 0.399 e. The summed E-state index contributed by atoms with van der Waals surface area (Å²) in [5.74, 6) is 1.48. The van der Waals surface area contributed by atoms with Crippen LogP contribution in [0, 0.1) is 11.8 Å². The Balaban J connectivity index is 0.00000200. The van der Waals surface area contributed by atoms with Crippen LogP contribution in [0.15, 0.2) is 24.3 Å². The number of likely N-dealkylation sites (tertiary alicyclic amines) is 1. The second-order valence-electron chi connectivity index (χ2n) is 6.01. The summed E-state index contributed by atoms with van der Waals surface area (Å²) in [5.41, 5.74) is 7.12. The average Bonchev–Trinajstić information content (AvgIpc) is 2.37. The van der Waals surface area contributed by atoms with Gasteiger partial charge in [0.15, 0.2) is 0 Å². The Bertz CT molecular complexity index is 448. The Kier molecular flexibility index (Phi) is 6.34. The minimum absolute atomic E-state index is 0. The molecular weight excluding hydrogens is 272 g/mol. The molecule has 1 aromatic carbocycles. The molecule has 1 heterocycles. The number of rotatable bonds is 3. The predicted octanol–water partition coefficient (Wildman–Crippen LogP) is 3.59. The summed E-state index contributed by atoms with van der Waals surface area (Å²) in [6, 6.07) is 7.28. The van der Waals surface area contributed by atoms with Crippen molar-refractivity contribution in [2.45, 2.75) is 33.1 Å². The predicted molar refractivity (Wildman–Crippen MR) is 86.2 cm³/mol. The highest BCUT2D eigenvalue weighted by Gasteiger charge is 2.24. The molecule has 1 aliphatic heterocycles. The van der Waals surface area contributed by atoms with E-state index in [9.17, 15) is 4.79 Å². The Morgan fingerprint density at radius 1 is 1.45 bits per heavy atom. The SMILES string of the molecule is CC(C)CC1CCCN(C(=O)c2cccc(N)c2)C1.Cl. The molecule has 1 aromatic rings. The summed E-state index contributed by atoms with van der Waals surface area (Å²) in [4.78, 5) is 14.4. The topological polar surface area (TPSA) is 46.3 Å². The van der Waals surface area contributed by atoms with Crippen molar-refractivity contribution in [1.29, 1.82) is 0 Å². The lowest BCUT2D eigenvalue weighted by Gasteiger charge is -2.33. The monoisotopic (exact) mass is 296 g/mol. The number of nitrogens with two attached hydrogens (primary N) is 1. The molecule has 2 N–H and O–H groups in total. The van der Waals surface area contributed by atoms with Crippen molar-refractivity contribution in [3.63, 3.8) is 0 Å². The summed E-state index contributed by atoms with van der Waals surface area (Å²) < 4.78 is 0. The van der Waals surface area contributed by atoms with Gasteiger partial charge in [-0.05, 0) is 49.3 Å². The van der Waals surface area contributed by atoms with Crippen LogP contribution in [0.5, 0.6) is 0 Å². The molecule has 1 atom stereocenters. The van der Waals surface area contributed by atoms with E-state index in [1.165, 1.54) is 12.8 Å². The van der Waals surface area contributed by atoms with Gasteiger partial charge in [-0.2, -0.15) is 0 Å². The van der Waals surface area contributed by atoms with Crippen molar-refractivity contribution in [3.05, 3.63) is 29.8 Å². The van der Waals surface area contributed by atoms with Crippen LogP contribution in [0.2, 0.25) is 0 Å². The lowest BCUT2D eigenvalue weighted by atomic mass is 9.89. The van der Waals surface area contributed by atoms with Gasteiger partial charge >= 0.3 is 0 Å². The minimum atomic E-state index is 0. The van der Waals surface area contributed by atoms with Gasteiger partial charge in [0.25, 0.3) is 5.91 Å². The molecule has 4 heteroatoms. The number of hydrogen-bond donors (Lipinski definition) is 1. The average molecular weight is 297 g/mol. The normalized spacial score (nSPS) is 18.8. The Morgan fingerprint density at radius 2 is 2.20 bits per heavy atom. The highest BCUT2D eigenvalue weighted by atomic mass is 35.5. The van der Waals surface area contributed by atoms with Crippen molar-refractivity contribution >= 4 is 24.0 Å². The Hall–Kier alpha value is -1.22. The zero-order chi connectivity index (χ0) is 13.8. The molecule has 0 bridgehead atoms. The second kappa shape index (κ2) is 7.53. The number of anilines is 1. The Morgan fingerprint density at radius 3 is 2.85 bits per heavy atom. The van der Waals surface area contributed by atoms with Gasteiger partial charge in [0, 0.05) is 24.3 Å². The van der Waals surface area contributed by atoms with Gasteiger partial charge in [0.1, 0.15) is 0 Å². The van der Waals surface area contributed by atoms with Gasteiger partial charge in [0.05, 0.1) is 0 Å². The van der Waals surface area contributed by atoms with E-state index in [4.69, 9.17) is 5.73 Å². The molecular formula is C16H25ClN2O. The summed E-state index contributed by atoms with van der Waals surface area (Å²) in [7, 11) is 0. The third-order valence-electron chi connectivity index (χ3n) is 3.74. The number of piperidine rings is 1. The fraction of sp³-hybridized carbons (Fsp3) is 0.562. The van der Waals surface area contributed by atoms with E-state index >= 15 is 0 Å². The molecule has 0 spiro atoms. The zero-order valence-electron chi connectivity index (χ0n) is 12.3. The molecule has 0 radical (unpaired) electrons. The van der Waals surface area contributed by atoms with Crippen LogP contribution in [0.1, 0.15) is 43.5 Å². The Labute approximate surface area is 127 Å². The lowest BCUT2D eigenvalue weighted by Crippen LogP contribution is -2.40. The molecule has 1 aliphatic rings. The highest BCUT2D eigenvalue weighted by Crippen LogP contribution is 2.24. The molecule has 112 valence electrons. The lowest BCUT2D eigenvalue weighted by molar-refractivity contribution is 0.0659. The molecule has 1 fully saturated rings. The van der Waals surface area contributed by atoms with Gasteiger partial charge in [-0.25, -0.2) is 0 Å². The van der Waals surface area contributed by atoms with Gasteiger partial charge in [0.2, 0.25) is 0 Å². The van der Waals surface area contributed by atoms with Gasteiger partial charge < -0.3 is 10.6 Å². The summed E-state index contributed by atoms with van der Waals surface area (Å²) in [6.07, 6.45) is 3.57. The van der Waals surface area contributed by atoms with Gasteiger partial charge in [-0.15, -0.1) is 12.4 Å². The standard InChI is InChI=1S/C16H24N2O.ClH/c1-12(2)9-13-5-4-8-18(11-13)16(19)14-6-3-7-15(17)10-14;/h3,6-7,10,12-13H,4-5,8-9,11,17H2,1-2H3;1H. The van der Waals surface area contributed by atoms with E-state index in [-0.39, 0.29) is 18.3 Å². The first-order valence-electron chi connectivity index (χ1n) is 7.21. The fourth-order valence-corrected chi connectivity index (χ4v) is 2.96. The van der Waals surface area contributed by atoms with Crippen molar-refractivity contribution in [2.75, 3.05) is 18.8 Å². The smallest absolute Gasteiger partial charge is 0.253 e. The molecule has 0 saturated carbocycles. The third-order valence-corrected chi connectivity index (χ3v) is 3.74. The number of carbonyl (C=O) groups is 1. The molecule has 0 aliphatic carbocycles. The maximum Gasteiger partial charge on any atom is 0.253 e. The number of carbonyl (C=O) groups excluding carboxylic acids is 1. The van der Waals surface area contributed by atoms with E-state index in [2.05, 4.69) is 13.8 Å². The summed E-state index contributed by atoms with van der Waals surface area (Å²) in [5, 5.41) is 0. The molecule has 1 amide bonds.